The van der Waals surface area contributed by atoms with Crippen molar-refractivity contribution in [1.29, 1.82) is 0 Å². The lowest BCUT2D eigenvalue weighted by Gasteiger charge is -2.17. The molecule has 0 amide bonds. The van der Waals surface area contributed by atoms with Crippen LogP contribution in [0, 0.1) is 5.92 Å². The van der Waals surface area contributed by atoms with E-state index in [1.54, 1.807) is 0 Å². The Kier molecular flexibility index (Phi) is 5.19. The first-order chi connectivity index (χ1) is 9.22. The normalized spacial score (nSPS) is 15.3. The lowest BCUT2D eigenvalue weighted by atomic mass is 10.0. The molecule has 1 aromatic rings. The maximum absolute atomic E-state index is 5.98. The maximum atomic E-state index is 5.98. The number of hydrogen-bond acceptors (Lipinski definition) is 5. The van der Waals surface area contributed by atoms with Gasteiger partial charge in [-0.1, -0.05) is 26.7 Å². The van der Waals surface area contributed by atoms with Gasteiger partial charge in [0, 0.05) is 19.6 Å². The minimum absolute atomic E-state index is 0.268. The fourth-order valence-corrected chi connectivity index (χ4v) is 2.45. The summed E-state index contributed by atoms with van der Waals surface area (Å²) in [4.78, 5) is 15.0. The molecule has 1 aliphatic heterocycles. The van der Waals surface area contributed by atoms with Crippen molar-refractivity contribution in [1.82, 2.24) is 15.0 Å². The fraction of sp³-hybridized carbons (Fsp3) is 0.769. The van der Waals surface area contributed by atoms with Gasteiger partial charge in [0.1, 0.15) is 0 Å². The van der Waals surface area contributed by atoms with Crippen LogP contribution in [-0.4, -0.2) is 34.6 Å². The molecule has 0 aromatic carbocycles. The average molecular weight is 284 g/mol. The van der Waals surface area contributed by atoms with E-state index >= 15 is 0 Å². The van der Waals surface area contributed by atoms with Crippen molar-refractivity contribution in [2.24, 2.45) is 5.92 Å². The Morgan fingerprint density at radius 2 is 1.84 bits per heavy atom. The highest BCUT2D eigenvalue weighted by molar-refractivity contribution is 6.28. The summed E-state index contributed by atoms with van der Waals surface area (Å²) in [5.41, 5.74) is 0. The van der Waals surface area contributed by atoms with Gasteiger partial charge in [-0.15, -0.1) is 0 Å². The lowest BCUT2D eigenvalue weighted by molar-refractivity contribution is 0.517. The molecule has 0 unspecified atom stereocenters. The van der Waals surface area contributed by atoms with Gasteiger partial charge in [0.15, 0.2) is 0 Å². The standard InChI is InChI=1S/C13H22ClN5/c1-3-10(4-2)9-15-12-16-11(14)17-13(18-12)19-7-5-6-8-19/h10H,3-9H2,1-2H3,(H,15,16,17,18). The Hall–Kier alpha value is -1.10. The van der Waals surface area contributed by atoms with Crippen molar-refractivity contribution in [3.05, 3.63) is 5.28 Å². The van der Waals surface area contributed by atoms with Gasteiger partial charge in [0.25, 0.3) is 0 Å². The molecule has 2 rings (SSSR count). The molecule has 106 valence electrons. The van der Waals surface area contributed by atoms with E-state index in [9.17, 15) is 0 Å². The minimum atomic E-state index is 0.268. The van der Waals surface area contributed by atoms with Crippen LogP contribution < -0.4 is 10.2 Å². The van der Waals surface area contributed by atoms with Crippen molar-refractivity contribution in [2.75, 3.05) is 29.9 Å². The van der Waals surface area contributed by atoms with Crippen molar-refractivity contribution < 1.29 is 0 Å². The van der Waals surface area contributed by atoms with Gasteiger partial charge in [-0.05, 0) is 30.4 Å². The Morgan fingerprint density at radius 1 is 1.16 bits per heavy atom. The Bertz CT molecular complexity index is 402. The summed E-state index contributed by atoms with van der Waals surface area (Å²) >= 11 is 5.98. The number of anilines is 2. The molecule has 1 aliphatic rings. The van der Waals surface area contributed by atoms with Crippen LogP contribution in [0.2, 0.25) is 5.28 Å². The number of nitrogens with one attached hydrogen (secondary N) is 1. The molecular formula is C13H22ClN5. The summed E-state index contributed by atoms with van der Waals surface area (Å²) in [5.74, 6) is 1.93. The predicted octanol–water partition coefficient (Wildman–Crippen LogP) is 2.97. The molecule has 0 saturated carbocycles. The number of hydrogen-bond donors (Lipinski definition) is 1. The van der Waals surface area contributed by atoms with Crippen LogP contribution in [0.1, 0.15) is 39.5 Å². The number of rotatable bonds is 6. The Morgan fingerprint density at radius 3 is 2.47 bits per heavy atom. The smallest absolute Gasteiger partial charge is 0.231 e. The Balaban J connectivity index is 2.03. The van der Waals surface area contributed by atoms with E-state index in [1.165, 1.54) is 12.8 Å². The SMILES string of the molecule is CCC(CC)CNc1nc(Cl)nc(N2CCCC2)n1. The third-order valence-corrected chi connectivity index (χ3v) is 3.86. The highest BCUT2D eigenvalue weighted by Gasteiger charge is 2.17. The fourth-order valence-electron chi connectivity index (χ4n) is 2.29. The quantitative estimate of drug-likeness (QED) is 0.870. The molecular weight excluding hydrogens is 262 g/mol. The first-order valence-corrected chi connectivity index (χ1v) is 7.51. The zero-order chi connectivity index (χ0) is 13.7. The van der Waals surface area contributed by atoms with Crippen LogP contribution in [0.25, 0.3) is 0 Å². The Labute approximate surface area is 119 Å². The third-order valence-electron chi connectivity index (χ3n) is 3.69. The van der Waals surface area contributed by atoms with E-state index in [1.807, 2.05) is 0 Å². The molecule has 0 radical (unpaired) electrons. The van der Waals surface area contributed by atoms with E-state index in [2.05, 4.69) is 39.0 Å². The molecule has 1 fully saturated rings. The van der Waals surface area contributed by atoms with Crippen molar-refractivity contribution in [3.8, 4) is 0 Å². The molecule has 0 atom stereocenters. The predicted molar refractivity (Wildman–Crippen MR) is 78.8 cm³/mol. The zero-order valence-electron chi connectivity index (χ0n) is 11.7. The zero-order valence-corrected chi connectivity index (χ0v) is 12.4. The van der Waals surface area contributed by atoms with Crippen LogP contribution in [-0.2, 0) is 0 Å². The van der Waals surface area contributed by atoms with E-state index < -0.39 is 0 Å². The molecule has 0 spiro atoms. The largest absolute Gasteiger partial charge is 0.354 e. The van der Waals surface area contributed by atoms with Crippen molar-refractivity contribution in [3.63, 3.8) is 0 Å². The van der Waals surface area contributed by atoms with Gasteiger partial charge in [-0.2, -0.15) is 15.0 Å². The summed E-state index contributed by atoms with van der Waals surface area (Å²) in [6, 6.07) is 0. The first-order valence-electron chi connectivity index (χ1n) is 7.13. The van der Waals surface area contributed by atoms with Gasteiger partial charge < -0.3 is 10.2 Å². The molecule has 0 bridgehead atoms. The number of aromatic nitrogens is 3. The summed E-state index contributed by atoms with van der Waals surface area (Å²) < 4.78 is 0. The molecule has 6 heteroatoms. The number of halogens is 1. The van der Waals surface area contributed by atoms with Gasteiger partial charge in [-0.3, -0.25) is 0 Å². The molecule has 1 saturated heterocycles. The second kappa shape index (κ2) is 6.89. The number of nitrogens with zero attached hydrogens (tertiary/aromatic N) is 4. The highest BCUT2D eigenvalue weighted by atomic mass is 35.5. The highest BCUT2D eigenvalue weighted by Crippen LogP contribution is 2.19. The molecule has 1 aromatic heterocycles. The van der Waals surface area contributed by atoms with E-state index in [4.69, 9.17) is 11.6 Å². The van der Waals surface area contributed by atoms with Crippen LogP contribution in [0.3, 0.4) is 0 Å². The minimum Gasteiger partial charge on any atom is -0.354 e. The molecule has 5 nitrogen and oxygen atoms in total. The summed E-state index contributed by atoms with van der Waals surface area (Å²) in [7, 11) is 0. The second-order valence-corrected chi connectivity index (χ2v) is 5.32. The van der Waals surface area contributed by atoms with E-state index in [-0.39, 0.29) is 5.28 Å². The molecule has 2 heterocycles. The van der Waals surface area contributed by atoms with E-state index in [0.717, 1.165) is 32.5 Å². The molecule has 19 heavy (non-hydrogen) atoms. The summed E-state index contributed by atoms with van der Waals surface area (Å²) in [6.45, 7) is 7.29. The van der Waals surface area contributed by atoms with Gasteiger partial charge >= 0.3 is 0 Å². The van der Waals surface area contributed by atoms with Gasteiger partial charge in [-0.25, -0.2) is 0 Å². The molecule has 1 N–H and O–H groups in total. The van der Waals surface area contributed by atoms with Crippen LogP contribution >= 0.6 is 11.6 Å². The lowest BCUT2D eigenvalue weighted by Crippen LogP contribution is -2.22. The monoisotopic (exact) mass is 283 g/mol. The van der Waals surface area contributed by atoms with Crippen LogP contribution in [0.4, 0.5) is 11.9 Å². The van der Waals surface area contributed by atoms with Gasteiger partial charge in [0.2, 0.25) is 17.2 Å². The summed E-state index contributed by atoms with van der Waals surface area (Å²) in [6.07, 6.45) is 4.70. The first kappa shape index (κ1) is 14.3. The molecule has 0 aliphatic carbocycles. The van der Waals surface area contributed by atoms with Crippen LogP contribution in [0.5, 0.6) is 0 Å². The van der Waals surface area contributed by atoms with Crippen molar-refractivity contribution in [2.45, 2.75) is 39.5 Å². The summed E-state index contributed by atoms with van der Waals surface area (Å²) in [5, 5.41) is 3.55. The topological polar surface area (TPSA) is 53.9 Å². The van der Waals surface area contributed by atoms with Crippen molar-refractivity contribution >= 4 is 23.5 Å². The average Bonchev–Trinajstić information content (AvgIpc) is 2.93. The van der Waals surface area contributed by atoms with Gasteiger partial charge in [0.05, 0.1) is 0 Å². The second-order valence-electron chi connectivity index (χ2n) is 4.99. The third kappa shape index (κ3) is 3.93. The van der Waals surface area contributed by atoms with Crippen LogP contribution in [0.15, 0.2) is 0 Å². The maximum Gasteiger partial charge on any atom is 0.231 e. The van der Waals surface area contributed by atoms with E-state index in [0.29, 0.717) is 17.8 Å².